The molecule has 2 aromatic rings. The van der Waals surface area contributed by atoms with E-state index in [9.17, 15) is 9.59 Å². The SMILES string of the molecule is O=C1C(=O)N(Cc2nc(Cl)ccc2Cl)c2c(Cl)cccc21. The van der Waals surface area contributed by atoms with E-state index in [1.807, 2.05) is 0 Å². The van der Waals surface area contributed by atoms with Gasteiger partial charge in [-0.3, -0.25) is 14.5 Å². The summed E-state index contributed by atoms with van der Waals surface area (Å²) < 4.78 is 0. The molecule has 1 amide bonds. The van der Waals surface area contributed by atoms with E-state index >= 15 is 0 Å². The molecule has 1 aromatic carbocycles. The van der Waals surface area contributed by atoms with Gasteiger partial charge < -0.3 is 0 Å². The van der Waals surface area contributed by atoms with Crippen LogP contribution in [0.1, 0.15) is 16.1 Å². The van der Waals surface area contributed by atoms with E-state index in [1.54, 1.807) is 30.3 Å². The lowest BCUT2D eigenvalue weighted by atomic mass is 10.1. The van der Waals surface area contributed by atoms with Gasteiger partial charge in [0, 0.05) is 0 Å². The Morgan fingerprint density at radius 2 is 1.76 bits per heavy atom. The normalized spacial score (nSPS) is 13.8. The summed E-state index contributed by atoms with van der Waals surface area (Å²) in [6.07, 6.45) is 0. The highest BCUT2D eigenvalue weighted by Gasteiger charge is 2.37. The predicted octanol–water partition coefficient (Wildman–Crippen LogP) is 3.77. The summed E-state index contributed by atoms with van der Waals surface area (Å²) in [5.41, 5.74) is 1.07. The first-order valence-electron chi connectivity index (χ1n) is 5.94. The molecule has 2 heterocycles. The minimum atomic E-state index is -0.657. The van der Waals surface area contributed by atoms with E-state index in [4.69, 9.17) is 34.8 Å². The Hall–Kier alpha value is -1.62. The second-order valence-electron chi connectivity index (χ2n) is 4.42. The van der Waals surface area contributed by atoms with Crippen LogP contribution in [-0.4, -0.2) is 16.7 Å². The number of rotatable bonds is 2. The third kappa shape index (κ3) is 2.39. The highest BCUT2D eigenvalue weighted by Crippen LogP contribution is 2.37. The Balaban J connectivity index is 2.06. The van der Waals surface area contributed by atoms with E-state index in [2.05, 4.69) is 4.98 Å². The summed E-state index contributed by atoms with van der Waals surface area (Å²) in [7, 11) is 0. The molecule has 1 aromatic heterocycles. The minimum Gasteiger partial charge on any atom is -0.297 e. The molecule has 0 fully saturated rings. The van der Waals surface area contributed by atoms with Gasteiger partial charge in [0.05, 0.1) is 33.5 Å². The number of benzene rings is 1. The molecular weight excluding hydrogens is 335 g/mol. The molecule has 106 valence electrons. The number of anilines is 1. The average molecular weight is 342 g/mol. The maximum Gasteiger partial charge on any atom is 0.299 e. The second kappa shape index (κ2) is 5.30. The van der Waals surface area contributed by atoms with Gasteiger partial charge in [-0.2, -0.15) is 0 Å². The number of fused-ring (bicyclic) bond motifs is 1. The number of hydrogen-bond acceptors (Lipinski definition) is 3. The van der Waals surface area contributed by atoms with Crippen LogP contribution in [0.5, 0.6) is 0 Å². The zero-order valence-electron chi connectivity index (χ0n) is 10.4. The van der Waals surface area contributed by atoms with Crippen molar-refractivity contribution in [2.75, 3.05) is 4.90 Å². The molecule has 0 unspecified atom stereocenters. The van der Waals surface area contributed by atoms with Crippen LogP contribution in [0.3, 0.4) is 0 Å². The van der Waals surface area contributed by atoms with Crippen LogP contribution in [-0.2, 0) is 11.3 Å². The van der Waals surface area contributed by atoms with Gasteiger partial charge in [-0.25, -0.2) is 4.98 Å². The fraction of sp³-hybridized carbons (Fsp3) is 0.0714. The number of Topliss-reactive ketones (excluding diaryl/α,β-unsaturated/α-hetero) is 1. The second-order valence-corrected chi connectivity index (χ2v) is 5.62. The fourth-order valence-corrected chi connectivity index (χ4v) is 2.79. The Kier molecular flexibility index (Phi) is 3.61. The van der Waals surface area contributed by atoms with Crippen LogP contribution >= 0.6 is 34.8 Å². The number of nitrogens with zero attached hydrogens (tertiary/aromatic N) is 2. The molecule has 0 aliphatic carbocycles. The number of para-hydroxylation sites is 1. The van der Waals surface area contributed by atoms with Crippen molar-refractivity contribution in [1.29, 1.82) is 0 Å². The summed E-state index contributed by atoms with van der Waals surface area (Å²) in [4.78, 5) is 29.5. The maximum absolute atomic E-state index is 12.1. The predicted molar refractivity (Wildman–Crippen MR) is 81.2 cm³/mol. The van der Waals surface area contributed by atoms with Crippen molar-refractivity contribution in [1.82, 2.24) is 4.98 Å². The van der Waals surface area contributed by atoms with Crippen molar-refractivity contribution in [3.63, 3.8) is 0 Å². The molecular formula is C14H7Cl3N2O2. The van der Waals surface area contributed by atoms with Gasteiger partial charge in [-0.1, -0.05) is 40.9 Å². The van der Waals surface area contributed by atoms with Crippen LogP contribution < -0.4 is 4.90 Å². The number of pyridine rings is 1. The summed E-state index contributed by atoms with van der Waals surface area (Å²) in [6.45, 7) is 0.0285. The number of hydrogen-bond donors (Lipinski definition) is 0. The molecule has 21 heavy (non-hydrogen) atoms. The minimum absolute atomic E-state index is 0.0285. The third-order valence-corrected chi connectivity index (χ3v) is 3.99. The van der Waals surface area contributed by atoms with Gasteiger partial charge in [-0.15, -0.1) is 0 Å². The molecule has 1 aliphatic heterocycles. The van der Waals surface area contributed by atoms with Crippen molar-refractivity contribution < 1.29 is 9.59 Å². The lowest BCUT2D eigenvalue weighted by Crippen LogP contribution is -2.29. The summed E-state index contributed by atoms with van der Waals surface area (Å²) in [5.74, 6) is -1.25. The van der Waals surface area contributed by atoms with Crippen LogP contribution in [0.25, 0.3) is 0 Å². The molecule has 7 heteroatoms. The third-order valence-electron chi connectivity index (χ3n) is 3.13. The lowest BCUT2D eigenvalue weighted by Gasteiger charge is -2.17. The number of carbonyl (C=O) groups is 2. The van der Waals surface area contributed by atoms with Gasteiger partial charge in [0.25, 0.3) is 11.7 Å². The highest BCUT2D eigenvalue weighted by molar-refractivity contribution is 6.54. The number of aromatic nitrogens is 1. The van der Waals surface area contributed by atoms with E-state index in [0.717, 1.165) is 0 Å². The maximum atomic E-state index is 12.1. The monoisotopic (exact) mass is 340 g/mol. The molecule has 0 atom stereocenters. The van der Waals surface area contributed by atoms with Crippen LogP contribution in [0.4, 0.5) is 5.69 Å². The van der Waals surface area contributed by atoms with E-state index in [0.29, 0.717) is 21.4 Å². The van der Waals surface area contributed by atoms with E-state index in [-0.39, 0.29) is 17.3 Å². The van der Waals surface area contributed by atoms with E-state index in [1.165, 1.54) is 4.90 Å². The molecule has 0 saturated carbocycles. The fourth-order valence-electron chi connectivity index (χ4n) is 2.18. The van der Waals surface area contributed by atoms with Gasteiger partial charge in [0.15, 0.2) is 0 Å². The van der Waals surface area contributed by atoms with Crippen LogP contribution in [0.2, 0.25) is 15.2 Å². The van der Waals surface area contributed by atoms with Crippen molar-refractivity contribution in [3.8, 4) is 0 Å². The molecule has 0 saturated heterocycles. The van der Waals surface area contributed by atoms with Crippen molar-refractivity contribution in [2.24, 2.45) is 0 Å². The Morgan fingerprint density at radius 3 is 2.52 bits per heavy atom. The van der Waals surface area contributed by atoms with Gasteiger partial charge >= 0.3 is 0 Å². The molecule has 0 N–H and O–H groups in total. The van der Waals surface area contributed by atoms with E-state index < -0.39 is 11.7 Å². The molecule has 4 nitrogen and oxygen atoms in total. The average Bonchev–Trinajstić information content (AvgIpc) is 2.69. The molecule has 1 aliphatic rings. The molecule has 0 spiro atoms. The largest absolute Gasteiger partial charge is 0.299 e. The molecule has 3 rings (SSSR count). The first kappa shape index (κ1) is 14.3. The number of carbonyl (C=O) groups excluding carboxylic acids is 2. The summed E-state index contributed by atoms with van der Waals surface area (Å²) >= 11 is 18.0. The van der Waals surface area contributed by atoms with Crippen molar-refractivity contribution >= 4 is 52.2 Å². The zero-order valence-corrected chi connectivity index (χ0v) is 12.7. The van der Waals surface area contributed by atoms with Crippen molar-refractivity contribution in [3.05, 3.63) is 56.8 Å². The Bertz CT molecular complexity index is 777. The van der Waals surface area contributed by atoms with Crippen LogP contribution in [0.15, 0.2) is 30.3 Å². The standard InChI is InChI=1S/C14H7Cl3N2O2/c15-8-4-5-11(17)18-10(8)6-19-12-7(13(20)14(19)21)2-1-3-9(12)16/h1-5H,6H2. The first-order chi connectivity index (χ1) is 9.99. The number of ketones is 1. The lowest BCUT2D eigenvalue weighted by molar-refractivity contribution is -0.114. The van der Waals surface area contributed by atoms with Crippen molar-refractivity contribution in [2.45, 2.75) is 6.54 Å². The number of halogens is 3. The topological polar surface area (TPSA) is 50.3 Å². The Morgan fingerprint density at radius 1 is 1.00 bits per heavy atom. The van der Waals surface area contributed by atoms with Gasteiger partial charge in [0.2, 0.25) is 0 Å². The zero-order chi connectivity index (χ0) is 15.1. The quantitative estimate of drug-likeness (QED) is 0.617. The molecule has 0 bridgehead atoms. The van der Waals surface area contributed by atoms with Crippen LogP contribution in [0, 0.1) is 0 Å². The Labute approximate surface area is 135 Å². The molecule has 0 radical (unpaired) electrons. The number of amides is 1. The summed E-state index contributed by atoms with van der Waals surface area (Å²) in [5, 5.41) is 0.941. The highest BCUT2D eigenvalue weighted by atomic mass is 35.5. The first-order valence-corrected chi connectivity index (χ1v) is 7.08. The van der Waals surface area contributed by atoms with Gasteiger partial charge in [0.1, 0.15) is 5.15 Å². The smallest absolute Gasteiger partial charge is 0.297 e. The van der Waals surface area contributed by atoms with Gasteiger partial charge in [-0.05, 0) is 24.3 Å². The summed E-state index contributed by atoms with van der Waals surface area (Å²) in [6, 6.07) is 7.94.